The molecule has 0 radical (unpaired) electrons. The first-order valence-corrected chi connectivity index (χ1v) is 4.87. The standard InChI is InChI=1S/C8H7ClF2O.C2H6/c9-4-8(12)5-1-2-6(10)7(11)3-5;1-2/h1-3,8,12H,4H2;1-2H3. The van der Waals surface area contributed by atoms with Crippen molar-refractivity contribution < 1.29 is 13.9 Å². The van der Waals surface area contributed by atoms with Gasteiger partial charge in [-0.15, -0.1) is 11.6 Å². The first-order chi connectivity index (χ1) is 6.65. The Kier molecular flexibility index (Phi) is 6.41. The Morgan fingerprint density at radius 2 is 1.86 bits per heavy atom. The van der Waals surface area contributed by atoms with Gasteiger partial charge in [-0.1, -0.05) is 19.9 Å². The van der Waals surface area contributed by atoms with Gasteiger partial charge >= 0.3 is 0 Å². The normalized spacial score (nSPS) is 11.6. The van der Waals surface area contributed by atoms with Crippen LogP contribution in [-0.4, -0.2) is 11.0 Å². The van der Waals surface area contributed by atoms with Gasteiger partial charge in [0.1, 0.15) is 0 Å². The van der Waals surface area contributed by atoms with Gasteiger partial charge in [0, 0.05) is 0 Å². The Labute approximate surface area is 87.3 Å². The van der Waals surface area contributed by atoms with E-state index in [0.717, 1.165) is 12.1 Å². The Morgan fingerprint density at radius 1 is 1.29 bits per heavy atom. The van der Waals surface area contributed by atoms with Crippen molar-refractivity contribution in [1.82, 2.24) is 0 Å². The van der Waals surface area contributed by atoms with Gasteiger partial charge in [0.2, 0.25) is 0 Å². The van der Waals surface area contributed by atoms with Crippen LogP contribution in [0.1, 0.15) is 25.5 Å². The first kappa shape index (κ1) is 13.3. The molecule has 1 rings (SSSR count). The Bertz CT molecular complexity index is 279. The van der Waals surface area contributed by atoms with Crippen LogP contribution in [0.4, 0.5) is 8.78 Å². The van der Waals surface area contributed by atoms with Crippen LogP contribution in [0.15, 0.2) is 18.2 Å². The molecule has 0 spiro atoms. The van der Waals surface area contributed by atoms with Crippen LogP contribution in [0.3, 0.4) is 0 Å². The van der Waals surface area contributed by atoms with Gasteiger partial charge in [-0.2, -0.15) is 0 Å². The molecule has 4 heteroatoms. The number of aliphatic hydroxyl groups excluding tert-OH is 1. The topological polar surface area (TPSA) is 20.2 Å². The lowest BCUT2D eigenvalue weighted by molar-refractivity contribution is 0.202. The van der Waals surface area contributed by atoms with Crippen LogP contribution in [0.5, 0.6) is 0 Å². The largest absolute Gasteiger partial charge is 0.387 e. The van der Waals surface area contributed by atoms with Gasteiger partial charge in [-0.05, 0) is 17.7 Å². The number of alkyl halides is 1. The molecule has 0 amide bonds. The Morgan fingerprint density at radius 3 is 2.29 bits per heavy atom. The van der Waals surface area contributed by atoms with Crippen molar-refractivity contribution in [2.24, 2.45) is 0 Å². The number of rotatable bonds is 2. The van der Waals surface area contributed by atoms with E-state index in [1.165, 1.54) is 6.07 Å². The zero-order valence-corrected chi connectivity index (χ0v) is 8.85. The third-order valence-corrected chi connectivity index (χ3v) is 1.77. The highest BCUT2D eigenvalue weighted by Gasteiger charge is 2.08. The third-order valence-electron chi connectivity index (χ3n) is 1.47. The fourth-order valence-corrected chi connectivity index (χ4v) is 0.987. The molecule has 0 fully saturated rings. The maximum absolute atomic E-state index is 12.5. The summed E-state index contributed by atoms with van der Waals surface area (Å²) in [4.78, 5) is 0. The van der Waals surface area contributed by atoms with Crippen molar-refractivity contribution in [3.63, 3.8) is 0 Å². The Hall–Kier alpha value is -0.670. The molecule has 0 aliphatic carbocycles. The zero-order valence-electron chi connectivity index (χ0n) is 8.10. The molecule has 14 heavy (non-hydrogen) atoms. The highest BCUT2D eigenvalue weighted by molar-refractivity contribution is 6.18. The van der Waals surface area contributed by atoms with Crippen molar-refractivity contribution >= 4 is 11.6 Å². The van der Waals surface area contributed by atoms with Crippen LogP contribution in [0.2, 0.25) is 0 Å². The van der Waals surface area contributed by atoms with Gasteiger partial charge in [0.25, 0.3) is 0 Å². The summed E-state index contributed by atoms with van der Waals surface area (Å²) in [7, 11) is 0. The van der Waals surface area contributed by atoms with Crippen molar-refractivity contribution in [3.8, 4) is 0 Å². The third kappa shape index (κ3) is 3.60. The number of hydrogen-bond donors (Lipinski definition) is 1. The molecule has 0 heterocycles. The number of benzene rings is 1. The van der Waals surface area contributed by atoms with Gasteiger partial charge in [-0.25, -0.2) is 8.78 Å². The second kappa shape index (κ2) is 6.74. The number of aliphatic hydroxyl groups is 1. The van der Waals surface area contributed by atoms with Gasteiger partial charge in [-0.3, -0.25) is 0 Å². The molecule has 80 valence electrons. The molecule has 0 aliphatic heterocycles. The van der Waals surface area contributed by atoms with Crippen molar-refractivity contribution in [2.75, 3.05) is 5.88 Å². The molecule has 1 atom stereocenters. The highest BCUT2D eigenvalue weighted by Crippen LogP contribution is 2.16. The minimum Gasteiger partial charge on any atom is -0.387 e. The molecular weight excluding hydrogens is 210 g/mol. The summed E-state index contributed by atoms with van der Waals surface area (Å²) in [5.74, 6) is -1.94. The average molecular weight is 223 g/mol. The van der Waals surface area contributed by atoms with Crippen LogP contribution in [0, 0.1) is 11.6 Å². The summed E-state index contributed by atoms with van der Waals surface area (Å²) in [6.07, 6.45) is -0.943. The van der Waals surface area contributed by atoms with Gasteiger partial charge in [0.05, 0.1) is 12.0 Å². The van der Waals surface area contributed by atoms with Crippen molar-refractivity contribution in [3.05, 3.63) is 35.4 Å². The van der Waals surface area contributed by atoms with E-state index < -0.39 is 17.7 Å². The lowest BCUT2D eigenvalue weighted by atomic mass is 10.1. The average Bonchev–Trinajstić information content (AvgIpc) is 2.24. The van der Waals surface area contributed by atoms with Crippen LogP contribution in [-0.2, 0) is 0 Å². The molecule has 0 saturated heterocycles. The summed E-state index contributed by atoms with van der Waals surface area (Å²) in [6.45, 7) is 4.00. The van der Waals surface area contributed by atoms with Crippen molar-refractivity contribution in [2.45, 2.75) is 20.0 Å². The van der Waals surface area contributed by atoms with E-state index in [-0.39, 0.29) is 11.4 Å². The maximum atomic E-state index is 12.5. The summed E-state index contributed by atoms with van der Waals surface area (Å²) in [6, 6.07) is 3.19. The van der Waals surface area contributed by atoms with E-state index in [1.807, 2.05) is 13.8 Å². The molecule has 0 aromatic heterocycles. The van der Waals surface area contributed by atoms with E-state index in [1.54, 1.807) is 0 Å². The Balaban J connectivity index is 0.000000791. The summed E-state index contributed by atoms with van der Waals surface area (Å²) in [5.41, 5.74) is 0.281. The minimum atomic E-state index is -0.975. The van der Waals surface area contributed by atoms with Gasteiger partial charge in [0.15, 0.2) is 11.6 Å². The molecule has 1 aromatic rings. The molecule has 1 unspecified atom stereocenters. The van der Waals surface area contributed by atoms with Gasteiger partial charge < -0.3 is 5.11 Å². The second-order valence-corrected chi connectivity index (χ2v) is 2.65. The summed E-state index contributed by atoms with van der Waals surface area (Å²) >= 11 is 5.31. The predicted octanol–water partition coefficient (Wildman–Crippen LogP) is 3.26. The molecule has 0 bridgehead atoms. The molecule has 0 saturated carbocycles. The zero-order chi connectivity index (χ0) is 11.1. The summed E-state index contributed by atoms with van der Waals surface area (Å²) < 4.78 is 24.9. The first-order valence-electron chi connectivity index (χ1n) is 4.34. The van der Waals surface area contributed by atoms with E-state index in [9.17, 15) is 8.78 Å². The lowest BCUT2D eigenvalue weighted by Gasteiger charge is -2.06. The number of halogens is 3. The van der Waals surface area contributed by atoms with Crippen LogP contribution >= 0.6 is 11.6 Å². The highest BCUT2D eigenvalue weighted by atomic mass is 35.5. The monoisotopic (exact) mass is 222 g/mol. The van der Waals surface area contributed by atoms with E-state index in [0.29, 0.717) is 0 Å². The van der Waals surface area contributed by atoms with Crippen LogP contribution in [0.25, 0.3) is 0 Å². The lowest BCUT2D eigenvalue weighted by Crippen LogP contribution is -1.99. The number of hydrogen-bond acceptors (Lipinski definition) is 1. The summed E-state index contributed by atoms with van der Waals surface area (Å²) in [5, 5.41) is 9.12. The maximum Gasteiger partial charge on any atom is 0.159 e. The molecule has 0 aliphatic rings. The van der Waals surface area contributed by atoms with Crippen molar-refractivity contribution in [1.29, 1.82) is 0 Å². The predicted molar refractivity (Wildman–Crippen MR) is 53.4 cm³/mol. The molecule has 1 N–H and O–H groups in total. The fraction of sp³-hybridized carbons (Fsp3) is 0.400. The quantitative estimate of drug-likeness (QED) is 0.762. The second-order valence-electron chi connectivity index (χ2n) is 2.34. The van der Waals surface area contributed by atoms with E-state index in [4.69, 9.17) is 16.7 Å². The fourth-order valence-electron chi connectivity index (χ4n) is 0.809. The van der Waals surface area contributed by atoms with E-state index >= 15 is 0 Å². The SMILES string of the molecule is CC.OC(CCl)c1ccc(F)c(F)c1. The molecule has 1 nitrogen and oxygen atoms in total. The van der Waals surface area contributed by atoms with E-state index in [2.05, 4.69) is 0 Å². The smallest absolute Gasteiger partial charge is 0.159 e. The molecule has 1 aromatic carbocycles. The van der Waals surface area contributed by atoms with Crippen LogP contribution < -0.4 is 0 Å². The molecular formula is C10H13ClF2O. The minimum absolute atomic E-state index is 0.0366.